The predicted octanol–water partition coefficient (Wildman–Crippen LogP) is 4.03. The van der Waals surface area contributed by atoms with Crippen molar-refractivity contribution in [2.45, 2.75) is 27.7 Å². The van der Waals surface area contributed by atoms with E-state index in [2.05, 4.69) is 46.1 Å². The van der Waals surface area contributed by atoms with Crippen molar-refractivity contribution in [3.05, 3.63) is 47.6 Å². The molecule has 1 aliphatic rings. The van der Waals surface area contributed by atoms with Crippen molar-refractivity contribution in [1.29, 1.82) is 0 Å². The van der Waals surface area contributed by atoms with Crippen LogP contribution in [0.15, 0.2) is 47.6 Å². The third kappa shape index (κ3) is 1.67. The van der Waals surface area contributed by atoms with Crippen molar-refractivity contribution in [1.82, 2.24) is 0 Å². The van der Waals surface area contributed by atoms with E-state index in [1.807, 2.05) is 6.92 Å². The minimum absolute atomic E-state index is 0.135. The van der Waals surface area contributed by atoms with Gasteiger partial charge in [-0.2, -0.15) is 0 Å². The Balaban J connectivity index is 3.17. The van der Waals surface area contributed by atoms with Gasteiger partial charge in [0.1, 0.15) is 0 Å². The molecule has 0 aromatic carbocycles. The fraction of sp³-hybridized carbons (Fsp3) is 0.385. The summed E-state index contributed by atoms with van der Waals surface area (Å²) in [6, 6.07) is 0. The fourth-order valence-corrected chi connectivity index (χ4v) is 1.65. The largest absolute Gasteiger partial charge is 0.0961 e. The summed E-state index contributed by atoms with van der Waals surface area (Å²) in [6.07, 6.45) is 4.30. The molecule has 1 aliphatic carbocycles. The van der Waals surface area contributed by atoms with Gasteiger partial charge in [-0.25, -0.2) is 0 Å². The van der Waals surface area contributed by atoms with Crippen molar-refractivity contribution in [3.63, 3.8) is 0 Å². The van der Waals surface area contributed by atoms with Crippen LogP contribution in [-0.4, -0.2) is 0 Å². The minimum Gasteiger partial charge on any atom is -0.0961 e. The van der Waals surface area contributed by atoms with Gasteiger partial charge in [0.05, 0.1) is 0 Å². The van der Waals surface area contributed by atoms with Gasteiger partial charge >= 0.3 is 0 Å². The molecule has 0 spiro atoms. The average Bonchev–Trinajstić information content (AvgIpc) is 2.13. The van der Waals surface area contributed by atoms with Gasteiger partial charge in [0.2, 0.25) is 0 Å². The van der Waals surface area contributed by atoms with Crippen LogP contribution in [-0.2, 0) is 0 Å². The molecule has 0 amide bonds. The Bertz CT molecular complexity index is 322. The van der Waals surface area contributed by atoms with Crippen LogP contribution in [0.4, 0.5) is 0 Å². The van der Waals surface area contributed by atoms with Crippen molar-refractivity contribution in [3.8, 4) is 0 Å². The molecule has 0 saturated carbocycles. The SMILES string of the molecule is C=C(C)/C=C1\C(=C)C=C(C)C1(C)C. The zero-order valence-corrected chi connectivity index (χ0v) is 9.07. The zero-order chi connectivity index (χ0) is 10.2. The molecule has 0 aliphatic heterocycles. The lowest BCUT2D eigenvalue weighted by molar-refractivity contribution is 0.565. The first-order valence-electron chi connectivity index (χ1n) is 4.61. The number of rotatable bonds is 1. The van der Waals surface area contributed by atoms with Crippen LogP contribution < -0.4 is 0 Å². The molecular weight excluding hydrogens is 156 g/mol. The summed E-state index contributed by atoms with van der Waals surface area (Å²) in [5.41, 5.74) is 5.04. The highest BCUT2D eigenvalue weighted by atomic mass is 14.3. The van der Waals surface area contributed by atoms with Crippen LogP contribution in [0.5, 0.6) is 0 Å². The first kappa shape index (κ1) is 10.0. The van der Waals surface area contributed by atoms with Crippen LogP contribution in [0, 0.1) is 5.41 Å². The van der Waals surface area contributed by atoms with Crippen LogP contribution in [0.1, 0.15) is 27.7 Å². The van der Waals surface area contributed by atoms with E-state index in [-0.39, 0.29) is 5.41 Å². The maximum Gasteiger partial charge on any atom is 0.0111 e. The first-order valence-corrected chi connectivity index (χ1v) is 4.61. The maximum absolute atomic E-state index is 4.05. The van der Waals surface area contributed by atoms with E-state index in [9.17, 15) is 0 Å². The second-order valence-corrected chi connectivity index (χ2v) is 4.38. The normalized spacial score (nSPS) is 23.5. The quantitative estimate of drug-likeness (QED) is 0.563. The van der Waals surface area contributed by atoms with Crippen molar-refractivity contribution in [2.24, 2.45) is 5.41 Å². The van der Waals surface area contributed by atoms with E-state index >= 15 is 0 Å². The van der Waals surface area contributed by atoms with E-state index in [4.69, 9.17) is 0 Å². The third-order valence-corrected chi connectivity index (χ3v) is 2.79. The monoisotopic (exact) mass is 174 g/mol. The molecule has 0 radical (unpaired) electrons. The summed E-state index contributed by atoms with van der Waals surface area (Å²) in [5, 5.41) is 0. The molecule has 0 unspecified atom stereocenters. The summed E-state index contributed by atoms with van der Waals surface area (Å²) in [4.78, 5) is 0. The lowest BCUT2D eigenvalue weighted by atomic mass is 9.81. The van der Waals surface area contributed by atoms with Gasteiger partial charge in [-0.15, -0.1) is 0 Å². The summed E-state index contributed by atoms with van der Waals surface area (Å²) in [6.45, 7) is 16.6. The van der Waals surface area contributed by atoms with Crippen LogP contribution in [0.25, 0.3) is 0 Å². The van der Waals surface area contributed by atoms with E-state index < -0.39 is 0 Å². The van der Waals surface area contributed by atoms with Crippen LogP contribution in [0.2, 0.25) is 0 Å². The van der Waals surface area contributed by atoms with Crippen LogP contribution in [0.3, 0.4) is 0 Å². The molecule has 0 aromatic heterocycles. The van der Waals surface area contributed by atoms with Crippen molar-refractivity contribution in [2.75, 3.05) is 0 Å². The standard InChI is InChI=1S/C13H18/c1-9(2)7-12-10(3)8-11(4)13(12,5)6/h7-8H,1,3H2,2,4-6H3/b12-7+. The second kappa shape index (κ2) is 3.02. The molecule has 0 fully saturated rings. The number of hydrogen-bond donors (Lipinski definition) is 0. The number of hydrogen-bond acceptors (Lipinski definition) is 0. The van der Waals surface area contributed by atoms with Gasteiger partial charge in [-0.3, -0.25) is 0 Å². The highest BCUT2D eigenvalue weighted by Gasteiger charge is 2.31. The van der Waals surface area contributed by atoms with Gasteiger partial charge in [0.15, 0.2) is 0 Å². The lowest BCUT2D eigenvalue weighted by Gasteiger charge is -2.23. The molecule has 0 heterocycles. The molecule has 0 aromatic rings. The Hall–Kier alpha value is -1.04. The molecule has 0 heteroatoms. The Morgan fingerprint density at radius 2 is 2.00 bits per heavy atom. The molecule has 0 atom stereocenters. The van der Waals surface area contributed by atoms with E-state index in [1.165, 1.54) is 11.1 Å². The summed E-state index contributed by atoms with van der Waals surface area (Å²) in [7, 11) is 0. The van der Waals surface area contributed by atoms with Gasteiger partial charge < -0.3 is 0 Å². The average molecular weight is 174 g/mol. The molecule has 1 rings (SSSR count). The van der Waals surface area contributed by atoms with Crippen LogP contribution >= 0.6 is 0 Å². The Kier molecular flexibility index (Phi) is 2.34. The van der Waals surface area contributed by atoms with Gasteiger partial charge in [-0.05, 0) is 25.0 Å². The molecule has 70 valence electrons. The molecule has 0 nitrogen and oxygen atoms in total. The topological polar surface area (TPSA) is 0 Å². The predicted molar refractivity (Wildman–Crippen MR) is 59.6 cm³/mol. The van der Waals surface area contributed by atoms with Gasteiger partial charge in [0, 0.05) is 5.41 Å². The first-order chi connectivity index (χ1) is 5.85. The highest BCUT2D eigenvalue weighted by molar-refractivity contribution is 5.55. The fourth-order valence-electron chi connectivity index (χ4n) is 1.65. The summed E-state index contributed by atoms with van der Waals surface area (Å²) >= 11 is 0. The summed E-state index contributed by atoms with van der Waals surface area (Å²) < 4.78 is 0. The molecule has 13 heavy (non-hydrogen) atoms. The molecule has 0 N–H and O–H groups in total. The molecular formula is C13H18. The third-order valence-electron chi connectivity index (χ3n) is 2.79. The van der Waals surface area contributed by atoms with Gasteiger partial charge in [0.25, 0.3) is 0 Å². The van der Waals surface area contributed by atoms with E-state index in [0.717, 1.165) is 11.1 Å². The zero-order valence-electron chi connectivity index (χ0n) is 9.07. The number of allylic oxidation sites excluding steroid dienone is 6. The molecule has 0 bridgehead atoms. The Labute approximate surface area is 81.4 Å². The Morgan fingerprint density at radius 3 is 2.31 bits per heavy atom. The lowest BCUT2D eigenvalue weighted by Crippen LogP contribution is -2.11. The van der Waals surface area contributed by atoms with E-state index in [0.29, 0.717) is 0 Å². The smallest absolute Gasteiger partial charge is 0.0111 e. The summed E-state index contributed by atoms with van der Waals surface area (Å²) in [5.74, 6) is 0. The highest BCUT2D eigenvalue weighted by Crippen LogP contribution is 2.45. The minimum atomic E-state index is 0.135. The van der Waals surface area contributed by atoms with Crippen molar-refractivity contribution < 1.29 is 0 Å². The maximum atomic E-state index is 4.05. The Morgan fingerprint density at radius 1 is 1.46 bits per heavy atom. The molecule has 0 saturated heterocycles. The van der Waals surface area contributed by atoms with Crippen molar-refractivity contribution >= 4 is 0 Å². The second-order valence-electron chi connectivity index (χ2n) is 4.38. The van der Waals surface area contributed by atoms with Gasteiger partial charge in [-0.1, -0.05) is 50.3 Å². The van der Waals surface area contributed by atoms with E-state index in [1.54, 1.807) is 0 Å².